The Hall–Kier alpha value is -0.970. The number of carboxylic acids is 1. The van der Waals surface area contributed by atoms with Crippen LogP contribution in [0.4, 0.5) is 0 Å². The molecule has 0 aliphatic carbocycles. The van der Waals surface area contributed by atoms with Crippen LogP contribution in [-0.2, 0) is 4.79 Å². The average Bonchev–Trinajstić information content (AvgIpc) is 2.16. The molecule has 0 aliphatic rings. The van der Waals surface area contributed by atoms with Gasteiger partial charge in [-0.3, -0.25) is 4.79 Å². The van der Waals surface area contributed by atoms with Gasteiger partial charge in [0.15, 0.2) is 0 Å². The first-order valence-electron chi connectivity index (χ1n) is 3.88. The van der Waals surface area contributed by atoms with E-state index in [1.165, 1.54) is 13.2 Å². The Kier molecular flexibility index (Phi) is 5.43. The van der Waals surface area contributed by atoms with Crippen LogP contribution < -0.4 is 10.5 Å². The van der Waals surface area contributed by atoms with Gasteiger partial charge in [0, 0.05) is 5.02 Å². The Morgan fingerprint density at radius 2 is 2.20 bits per heavy atom. The zero-order chi connectivity index (χ0) is 10.7. The van der Waals surface area contributed by atoms with E-state index in [1.807, 2.05) is 0 Å². The van der Waals surface area contributed by atoms with Crippen molar-refractivity contribution in [2.75, 3.05) is 7.11 Å². The van der Waals surface area contributed by atoms with Crippen molar-refractivity contribution >= 4 is 30.0 Å². The highest BCUT2D eigenvalue weighted by Gasteiger charge is 2.17. The Labute approximate surface area is 98.4 Å². The summed E-state index contributed by atoms with van der Waals surface area (Å²) in [5.74, 6) is -0.548. The SMILES string of the molecule is COc1ccc(C(N)C(=O)O)c(Cl)c1.Cl. The van der Waals surface area contributed by atoms with Crippen molar-refractivity contribution < 1.29 is 14.6 Å². The van der Waals surface area contributed by atoms with Crippen molar-refractivity contribution in [1.29, 1.82) is 0 Å². The molecule has 15 heavy (non-hydrogen) atoms. The molecule has 0 radical (unpaired) electrons. The second-order valence-electron chi connectivity index (χ2n) is 2.70. The first-order valence-corrected chi connectivity index (χ1v) is 4.26. The van der Waals surface area contributed by atoms with Crippen molar-refractivity contribution in [3.8, 4) is 5.75 Å². The van der Waals surface area contributed by atoms with Gasteiger partial charge in [-0.05, 0) is 17.7 Å². The average molecular weight is 252 g/mol. The monoisotopic (exact) mass is 251 g/mol. The van der Waals surface area contributed by atoms with Crippen LogP contribution in [0.3, 0.4) is 0 Å². The summed E-state index contributed by atoms with van der Waals surface area (Å²) in [4.78, 5) is 10.6. The van der Waals surface area contributed by atoms with Gasteiger partial charge in [-0.2, -0.15) is 0 Å². The molecule has 0 saturated heterocycles. The second kappa shape index (κ2) is 5.80. The number of halogens is 2. The number of benzene rings is 1. The molecule has 0 spiro atoms. The molecule has 0 amide bonds. The van der Waals surface area contributed by atoms with Crippen LogP contribution in [0, 0.1) is 0 Å². The maximum Gasteiger partial charge on any atom is 0.325 e. The fourth-order valence-electron chi connectivity index (χ4n) is 1.02. The number of carboxylic acid groups (broad SMARTS) is 1. The lowest BCUT2D eigenvalue weighted by atomic mass is 10.1. The summed E-state index contributed by atoms with van der Waals surface area (Å²) in [6, 6.07) is 3.58. The van der Waals surface area contributed by atoms with E-state index < -0.39 is 12.0 Å². The van der Waals surface area contributed by atoms with Gasteiger partial charge < -0.3 is 15.6 Å². The highest BCUT2D eigenvalue weighted by Crippen LogP contribution is 2.26. The third kappa shape index (κ3) is 3.27. The molecule has 0 bridgehead atoms. The number of ether oxygens (including phenoxy) is 1. The van der Waals surface area contributed by atoms with E-state index in [2.05, 4.69) is 0 Å². The normalized spacial score (nSPS) is 11.4. The number of carbonyl (C=O) groups is 1. The fraction of sp³-hybridized carbons (Fsp3) is 0.222. The van der Waals surface area contributed by atoms with Gasteiger partial charge in [0.25, 0.3) is 0 Å². The third-order valence-corrected chi connectivity index (χ3v) is 2.14. The van der Waals surface area contributed by atoms with Crippen molar-refractivity contribution in [2.45, 2.75) is 6.04 Å². The van der Waals surface area contributed by atoms with E-state index in [0.29, 0.717) is 16.3 Å². The minimum absolute atomic E-state index is 0. The zero-order valence-corrected chi connectivity index (χ0v) is 9.51. The van der Waals surface area contributed by atoms with E-state index in [1.54, 1.807) is 12.1 Å². The van der Waals surface area contributed by atoms with Gasteiger partial charge in [0.2, 0.25) is 0 Å². The quantitative estimate of drug-likeness (QED) is 0.861. The summed E-state index contributed by atoms with van der Waals surface area (Å²) in [5, 5.41) is 8.96. The predicted molar refractivity (Wildman–Crippen MR) is 59.8 cm³/mol. The highest BCUT2D eigenvalue weighted by atomic mass is 35.5. The second-order valence-corrected chi connectivity index (χ2v) is 3.11. The van der Waals surface area contributed by atoms with Gasteiger partial charge in [-0.15, -0.1) is 12.4 Å². The Morgan fingerprint density at radius 1 is 1.60 bits per heavy atom. The maximum absolute atomic E-state index is 10.6. The van der Waals surface area contributed by atoms with Gasteiger partial charge in [0.1, 0.15) is 11.8 Å². The van der Waals surface area contributed by atoms with E-state index in [4.69, 9.17) is 27.2 Å². The number of aliphatic carboxylic acids is 1. The molecular weight excluding hydrogens is 241 g/mol. The van der Waals surface area contributed by atoms with E-state index >= 15 is 0 Å². The van der Waals surface area contributed by atoms with Gasteiger partial charge in [0.05, 0.1) is 7.11 Å². The summed E-state index contributed by atoms with van der Waals surface area (Å²) < 4.78 is 4.92. The van der Waals surface area contributed by atoms with Crippen LogP contribution in [0.5, 0.6) is 5.75 Å². The molecule has 3 N–H and O–H groups in total. The summed E-state index contributed by atoms with van der Waals surface area (Å²) in [7, 11) is 1.50. The molecular formula is C9H11Cl2NO3. The molecule has 84 valence electrons. The highest BCUT2D eigenvalue weighted by molar-refractivity contribution is 6.31. The Balaban J connectivity index is 0.00000196. The molecule has 0 heterocycles. The van der Waals surface area contributed by atoms with E-state index in [-0.39, 0.29) is 12.4 Å². The number of hydrogen-bond acceptors (Lipinski definition) is 3. The van der Waals surface area contributed by atoms with Gasteiger partial charge in [-0.25, -0.2) is 0 Å². The smallest absolute Gasteiger partial charge is 0.325 e. The topological polar surface area (TPSA) is 72.5 Å². The molecule has 1 unspecified atom stereocenters. The number of hydrogen-bond donors (Lipinski definition) is 2. The maximum atomic E-state index is 10.6. The summed E-state index contributed by atoms with van der Waals surface area (Å²) in [6.07, 6.45) is 0. The molecule has 0 aromatic heterocycles. The molecule has 6 heteroatoms. The minimum atomic E-state index is -1.11. The van der Waals surface area contributed by atoms with Crippen LogP contribution in [0.15, 0.2) is 18.2 Å². The summed E-state index contributed by atoms with van der Waals surface area (Å²) in [5.41, 5.74) is 5.78. The number of rotatable bonds is 3. The molecule has 1 aromatic carbocycles. The van der Waals surface area contributed by atoms with Crippen LogP contribution >= 0.6 is 24.0 Å². The lowest BCUT2D eigenvalue weighted by Crippen LogP contribution is -2.20. The van der Waals surface area contributed by atoms with Crippen molar-refractivity contribution in [1.82, 2.24) is 0 Å². The predicted octanol–water partition coefficient (Wildman–Crippen LogP) is 1.85. The third-order valence-electron chi connectivity index (χ3n) is 1.81. The first-order chi connectivity index (χ1) is 6.56. The molecule has 0 aliphatic heterocycles. The first kappa shape index (κ1) is 14.0. The van der Waals surface area contributed by atoms with E-state index in [0.717, 1.165) is 0 Å². The van der Waals surface area contributed by atoms with Crippen LogP contribution in [0.25, 0.3) is 0 Å². The Morgan fingerprint density at radius 3 is 2.60 bits per heavy atom. The van der Waals surface area contributed by atoms with Crippen molar-refractivity contribution in [2.24, 2.45) is 5.73 Å². The summed E-state index contributed by atoms with van der Waals surface area (Å²) in [6.45, 7) is 0. The molecule has 1 rings (SSSR count). The minimum Gasteiger partial charge on any atom is -0.497 e. The molecule has 1 atom stereocenters. The largest absolute Gasteiger partial charge is 0.497 e. The number of methoxy groups -OCH3 is 1. The lowest BCUT2D eigenvalue weighted by Gasteiger charge is -2.09. The van der Waals surface area contributed by atoms with Crippen molar-refractivity contribution in [3.05, 3.63) is 28.8 Å². The van der Waals surface area contributed by atoms with Gasteiger partial charge in [-0.1, -0.05) is 17.7 Å². The van der Waals surface area contributed by atoms with Gasteiger partial charge >= 0.3 is 5.97 Å². The molecule has 1 aromatic rings. The molecule has 0 saturated carbocycles. The molecule has 4 nitrogen and oxygen atoms in total. The van der Waals surface area contributed by atoms with Crippen molar-refractivity contribution in [3.63, 3.8) is 0 Å². The fourth-order valence-corrected chi connectivity index (χ4v) is 1.31. The molecule has 0 fully saturated rings. The summed E-state index contributed by atoms with van der Waals surface area (Å²) >= 11 is 5.82. The standard InChI is InChI=1S/C9H10ClNO3.ClH/c1-14-5-2-3-6(7(10)4-5)8(11)9(12)13;/h2-4,8H,11H2,1H3,(H,12,13);1H. The van der Waals surface area contributed by atoms with Crippen LogP contribution in [0.2, 0.25) is 5.02 Å². The Bertz CT molecular complexity index is 357. The number of nitrogens with two attached hydrogens (primary N) is 1. The lowest BCUT2D eigenvalue weighted by molar-refractivity contribution is -0.138. The zero-order valence-electron chi connectivity index (χ0n) is 7.94. The van der Waals surface area contributed by atoms with E-state index in [9.17, 15) is 4.79 Å². The van der Waals surface area contributed by atoms with Crippen LogP contribution in [0.1, 0.15) is 11.6 Å². The van der Waals surface area contributed by atoms with Crippen LogP contribution in [-0.4, -0.2) is 18.2 Å².